The van der Waals surface area contributed by atoms with Crippen molar-refractivity contribution in [2.45, 2.75) is 26.7 Å². The molecule has 1 rings (SSSR count). The number of hydrogen-bond donors (Lipinski definition) is 0. The molecule has 18 heavy (non-hydrogen) atoms. The molecule has 0 aromatic heterocycles. The van der Waals surface area contributed by atoms with Crippen LogP contribution < -0.4 is 14.2 Å². The normalized spacial score (nSPS) is 8.94. The molecule has 0 aliphatic rings. The minimum Gasteiger partial charge on any atom is -0.496 e. The fourth-order valence-electron chi connectivity index (χ4n) is 1.15. The van der Waals surface area contributed by atoms with Gasteiger partial charge < -0.3 is 14.2 Å². The lowest BCUT2D eigenvalue weighted by molar-refractivity contribution is -0.118. The van der Waals surface area contributed by atoms with Crippen LogP contribution in [0.25, 0.3) is 0 Å². The van der Waals surface area contributed by atoms with Gasteiger partial charge in [0, 0.05) is 31.0 Å². The average molecular weight is 254 g/mol. The van der Waals surface area contributed by atoms with Crippen molar-refractivity contribution in [1.29, 1.82) is 0 Å². The summed E-state index contributed by atoms with van der Waals surface area (Å²) in [5, 5.41) is 0. The summed E-state index contributed by atoms with van der Waals surface area (Å²) in [5.74, 6) is 2.53. The third-order valence-electron chi connectivity index (χ3n) is 2.35. The zero-order chi connectivity index (χ0) is 14.0. The van der Waals surface area contributed by atoms with Gasteiger partial charge in [-0.05, 0) is 0 Å². The second kappa shape index (κ2) is 9.33. The number of methoxy groups -OCH3 is 3. The van der Waals surface area contributed by atoms with Crippen LogP contribution in [0, 0.1) is 0 Å². The monoisotopic (exact) mass is 254 g/mol. The van der Waals surface area contributed by atoms with Gasteiger partial charge in [0.1, 0.15) is 23.0 Å². The summed E-state index contributed by atoms with van der Waals surface area (Å²) < 4.78 is 15.1. The van der Waals surface area contributed by atoms with Crippen molar-refractivity contribution in [2.75, 3.05) is 21.3 Å². The lowest BCUT2D eigenvalue weighted by Gasteiger charge is -2.06. The zero-order valence-corrected chi connectivity index (χ0v) is 11.8. The topological polar surface area (TPSA) is 44.8 Å². The van der Waals surface area contributed by atoms with Crippen molar-refractivity contribution in [2.24, 2.45) is 0 Å². The number of ketones is 1. The molecule has 0 radical (unpaired) electrons. The van der Waals surface area contributed by atoms with Gasteiger partial charge in [-0.3, -0.25) is 4.79 Å². The maximum Gasteiger partial charge on any atom is 0.132 e. The van der Waals surface area contributed by atoms with Gasteiger partial charge in [0.15, 0.2) is 0 Å². The number of rotatable bonds is 5. The van der Waals surface area contributed by atoms with Crippen molar-refractivity contribution in [3.8, 4) is 17.2 Å². The molecule has 0 atom stereocenters. The van der Waals surface area contributed by atoms with Crippen LogP contribution in [0.1, 0.15) is 26.7 Å². The predicted octanol–water partition coefficient (Wildman–Crippen LogP) is 3.09. The predicted molar refractivity (Wildman–Crippen MR) is 71.7 cm³/mol. The van der Waals surface area contributed by atoms with Gasteiger partial charge in [0.05, 0.1) is 21.3 Å². The van der Waals surface area contributed by atoms with Crippen molar-refractivity contribution in [3.05, 3.63) is 18.2 Å². The van der Waals surface area contributed by atoms with E-state index in [1.54, 1.807) is 39.5 Å². The Morgan fingerprint density at radius 3 is 1.22 bits per heavy atom. The van der Waals surface area contributed by atoms with E-state index >= 15 is 0 Å². The first-order valence-electron chi connectivity index (χ1n) is 5.89. The van der Waals surface area contributed by atoms with E-state index in [9.17, 15) is 4.79 Å². The summed E-state index contributed by atoms with van der Waals surface area (Å²) in [6.07, 6.45) is 1.38. The summed E-state index contributed by atoms with van der Waals surface area (Å²) in [6.45, 7) is 3.76. The minimum absolute atomic E-state index is 0.343. The minimum atomic E-state index is 0.343. The molecule has 102 valence electrons. The van der Waals surface area contributed by atoms with Crippen LogP contribution in [-0.4, -0.2) is 27.1 Å². The van der Waals surface area contributed by atoms with E-state index in [0.29, 0.717) is 18.6 Å². The van der Waals surface area contributed by atoms with E-state index in [1.165, 1.54) is 0 Å². The first-order valence-corrected chi connectivity index (χ1v) is 5.89. The number of carbonyl (C=O) groups is 1. The van der Waals surface area contributed by atoms with E-state index in [0.717, 1.165) is 17.2 Å². The van der Waals surface area contributed by atoms with E-state index in [-0.39, 0.29) is 0 Å². The molecule has 4 heteroatoms. The fraction of sp³-hybridized carbons (Fsp3) is 0.500. The van der Waals surface area contributed by atoms with Crippen LogP contribution in [0.5, 0.6) is 17.2 Å². The molecule has 1 aromatic carbocycles. The number of benzene rings is 1. The van der Waals surface area contributed by atoms with Gasteiger partial charge in [0.2, 0.25) is 0 Å². The molecule has 0 aliphatic carbocycles. The highest BCUT2D eigenvalue weighted by Gasteiger charge is 2.00. The van der Waals surface area contributed by atoms with Gasteiger partial charge in [-0.1, -0.05) is 13.8 Å². The van der Waals surface area contributed by atoms with Crippen molar-refractivity contribution < 1.29 is 19.0 Å². The lowest BCUT2D eigenvalue weighted by Crippen LogP contribution is -1.89. The Balaban J connectivity index is 0.000000411. The Labute approximate surface area is 109 Å². The van der Waals surface area contributed by atoms with E-state index in [1.807, 2.05) is 13.8 Å². The van der Waals surface area contributed by atoms with Gasteiger partial charge in [-0.2, -0.15) is 0 Å². The third-order valence-corrected chi connectivity index (χ3v) is 2.35. The second-order valence-electron chi connectivity index (χ2n) is 3.50. The van der Waals surface area contributed by atoms with E-state index < -0.39 is 0 Å². The molecule has 0 N–H and O–H groups in total. The maximum absolute atomic E-state index is 10.2. The molecule has 0 unspecified atom stereocenters. The largest absolute Gasteiger partial charge is 0.496 e. The van der Waals surface area contributed by atoms with Gasteiger partial charge >= 0.3 is 0 Å². The molecule has 0 amide bonds. The first kappa shape index (κ1) is 16.3. The molecular weight excluding hydrogens is 232 g/mol. The Morgan fingerprint density at radius 2 is 1.11 bits per heavy atom. The molecule has 0 saturated carbocycles. The lowest BCUT2D eigenvalue weighted by atomic mass is 10.3. The SMILES string of the molecule is CCC(=O)CC.COc1cc(OC)cc(OC)c1. The number of hydrogen-bond acceptors (Lipinski definition) is 4. The Bertz CT molecular complexity index is 300. The second-order valence-corrected chi connectivity index (χ2v) is 3.50. The van der Waals surface area contributed by atoms with Crippen LogP contribution in [0.4, 0.5) is 0 Å². The average Bonchev–Trinajstić information content (AvgIpc) is 2.46. The van der Waals surface area contributed by atoms with Crippen LogP contribution in [-0.2, 0) is 4.79 Å². The molecule has 0 fully saturated rings. The number of carbonyl (C=O) groups excluding carboxylic acids is 1. The highest BCUT2D eigenvalue weighted by atomic mass is 16.5. The molecule has 0 heterocycles. The van der Waals surface area contributed by atoms with Gasteiger partial charge in [-0.15, -0.1) is 0 Å². The summed E-state index contributed by atoms with van der Waals surface area (Å²) in [5.41, 5.74) is 0. The third kappa shape index (κ3) is 6.13. The molecule has 0 bridgehead atoms. The molecule has 0 aliphatic heterocycles. The molecular formula is C14H22O4. The number of Topliss-reactive ketones (excluding diaryl/α,β-unsaturated/α-hetero) is 1. The van der Waals surface area contributed by atoms with Gasteiger partial charge in [-0.25, -0.2) is 0 Å². The standard InChI is InChI=1S/C9H12O3.C5H10O/c1-10-7-4-8(11-2)6-9(5-7)12-3;1-3-5(6)4-2/h4-6H,1-3H3;3-4H2,1-2H3. The highest BCUT2D eigenvalue weighted by Crippen LogP contribution is 2.26. The Hall–Kier alpha value is -1.71. The van der Waals surface area contributed by atoms with Crippen LogP contribution in [0.15, 0.2) is 18.2 Å². The fourth-order valence-corrected chi connectivity index (χ4v) is 1.15. The summed E-state index contributed by atoms with van der Waals surface area (Å²) in [6, 6.07) is 5.38. The quantitative estimate of drug-likeness (QED) is 0.810. The highest BCUT2D eigenvalue weighted by molar-refractivity contribution is 5.77. The van der Waals surface area contributed by atoms with E-state index in [4.69, 9.17) is 14.2 Å². The van der Waals surface area contributed by atoms with Crippen LogP contribution >= 0.6 is 0 Å². The summed E-state index contributed by atoms with van der Waals surface area (Å²) in [7, 11) is 4.82. The Kier molecular flexibility index (Phi) is 8.45. The Morgan fingerprint density at radius 1 is 0.833 bits per heavy atom. The van der Waals surface area contributed by atoms with Crippen LogP contribution in [0.2, 0.25) is 0 Å². The zero-order valence-electron chi connectivity index (χ0n) is 11.8. The first-order chi connectivity index (χ1) is 8.60. The maximum atomic E-state index is 10.2. The van der Waals surface area contributed by atoms with Gasteiger partial charge in [0.25, 0.3) is 0 Å². The van der Waals surface area contributed by atoms with Crippen molar-refractivity contribution in [3.63, 3.8) is 0 Å². The van der Waals surface area contributed by atoms with Crippen LogP contribution in [0.3, 0.4) is 0 Å². The molecule has 4 nitrogen and oxygen atoms in total. The smallest absolute Gasteiger partial charge is 0.132 e. The molecule has 1 aromatic rings. The number of ether oxygens (including phenoxy) is 3. The van der Waals surface area contributed by atoms with Crippen molar-refractivity contribution in [1.82, 2.24) is 0 Å². The molecule has 0 saturated heterocycles. The summed E-state index contributed by atoms with van der Waals surface area (Å²) >= 11 is 0. The van der Waals surface area contributed by atoms with E-state index in [2.05, 4.69) is 0 Å². The molecule has 0 spiro atoms. The summed E-state index contributed by atoms with van der Waals surface area (Å²) in [4.78, 5) is 10.2. The van der Waals surface area contributed by atoms with Crippen molar-refractivity contribution >= 4 is 5.78 Å².